The zero-order valence-corrected chi connectivity index (χ0v) is 17.4. The van der Waals surface area contributed by atoms with Crippen molar-refractivity contribution in [3.8, 4) is 17.0 Å². The third-order valence-corrected chi connectivity index (χ3v) is 5.39. The lowest BCUT2D eigenvalue weighted by Crippen LogP contribution is -2.27. The van der Waals surface area contributed by atoms with E-state index in [2.05, 4.69) is 10.1 Å². The molecule has 0 spiro atoms. The van der Waals surface area contributed by atoms with E-state index in [1.165, 1.54) is 16.2 Å². The van der Waals surface area contributed by atoms with Crippen LogP contribution in [0.2, 0.25) is 0 Å². The number of aromatic nitrogens is 3. The number of rotatable bonds is 6. The van der Waals surface area contributed by atoms with Crippen LogP contribution in [0.5, 0.6) is 5.75 Å². The topological polar surface area (TPSA) is 76.8 Å². The van der Waals surface area contributed by atoms with Gasteiger partial charge < -0.3 is 9.64 Å². The molecule has 0 saturated heterocycles. The van der Waals surface area contributed by atoms with Crippen molar-refractivity contribution in [1.82, 2.24) is 19.5 Å². The summed E-state index contributed by atoms with van der Waals surface area (Å²) in [5.74, 6) is 0.436. The number of carbonyl (C=O) groups is 1. The first-order valence-corrected chi connectivity index (χ1v) is 10.2. The van der Waals surface area contributed by atoms with Crippen molar-refractivity contribution in [3.63, 3.8) is 0 Å². The summed E-state index contributed by atoms with van der Waals surface area (Å²) in [5, 5.41) is 6.48. The van der Waals surface area contributed by atoms with Crippen molar-refractivity contribution in [2.24, 2.45) is 0 Å². The average Bonchev–Trinajstić information content (AvgIpc) is 3.15. The number of benzene rings is 2. The van der Waals surface area contributed by atoms with E-state index < -0.39 is 0 Å². The van der Waals surface area contributed by atoms with E-state index in [1.807, 2.05) is 60.0 Å². The van der Waals surface area contributed by atoms with Crippen LogP contribution < -0.4 is 10.3 Å². The highest BCUT2D eigenvalue weighted by molar-refractivity contribution is 7.15. The zero-order valence-electron chi connectivity index (χ0n) is 16.6. The van der Waals surface area contributed by atoms with Gasteiger partial charge in [0, 0.05) is 31.5 Å². The molecule has 0 saturated carbocycles. The van der Waals surface area contributed by atoms with Gasteiger partial charge in [-0.2, -0.15) is 10.1 Å². The highest BCUT2D eigenvalue weighted by atomic mass is 32.1. The van der Waals surface area contributed by atoms with E-state index in [1.54, 1.807) is 18.6 Å². The lowest BCUT2D eigenvalue weighted by atomic mass is 10.1. The summed E-state index contributed by atoms with van der Waals surface area (Å²) in [7, 11) is 3.37. The number of ether oxygens (including phenoxy) is 1. The van der Waals surface area contributed by atoms with Crippen LogP contribution in [-0.2, 0) is 11.2 Å². The molecule has 8 heteroatoms. The van der Waals surface area contributed by atoms with E-state index in [0.29, 0.717) is 22.8 Å². The SMILES string of the molecule is CN(C)C(=O)COc1ccccc1-c1csc2nc(=O)c(Cc3ccccc3)nn12. The molecule has 1 amide bonds. The molecule has 0 aliphatic heterocycles. The molecular weight excluding hydrogens is 400 g/mol. The predicted molar refractivity (Wildman–Crippen MR) is 116 cm³/mol. The van der Waals surface area contributed by atoms with Crippen LogP contribution in [0.3, 0.4) is 0 Å². The smallest absolute Gasteiger partial charge is 0.296 e. The fourth-order valence-corrected chi connectivity index (χ4v) is 3.77. The molecule has 4 aromatic rings. The largest absolute Gasteiger partial charge is 0.483 e. The van der Waals surface area contributed by atoms with Crippen molar-refractivity contribution < 1.29 is 9.53 Å². The Bertz CT molecular complexity index is 1250. The van der Waals surface area contributed by atoms with Gasteiger partial charge in [0.15, 0.2) is 6.61 Å². The highest BCUT2D eigenvalue weighted by Crippen LogP contribution is 2.32. The van der Waals surface area contributed by atoms with Crippen LogP contribution in [0.25, 0.3) is 16.2 Å². The number of fused-ring (bicyclic) bond motifs is 1. The fourth-order valence-electron chi connectivity index (χ4n) is 2.95. The maximum absolute atomic E-state index is 12.4. The van der Waals surface area contributed by atoms with Crippen LogP contribution in [0.4, 0.5) is 0 Å². The van der Waals surface area contributed by atoms with Gasteiger partial charge in [0.25, 0.3) is 11.5 Å². The molecule has 0 radical (unpaired) electrons. The maximum atomic E-state index is 12.4. The van der Waals surface area contributed by atoms with Gasteiger partial charge in [-0.1, -0.05) is 42.5 Å². The molecule has 152 valence electrons. The first kappa shape index (κ1) is 19.8. The summed E-state index contributed by atoms with van der Waals surface area (Å²) >= 11 is 1.33. The Morgan fingerprint density at radius 2 is 1.83 bits per heavy atom. The van der Waals surface area contributed by atoms with E-state index in [0.717, 1.165) is 16.8 Å². The quantitative estimate of drug-likeness (QED) is 0.479. The minimum atomic E-state index is -0.326. The van der Waals surface area contributed by atoms with Crippen LogP contribution in [0.1, 0.15) is 11.3 Å². The molecule has 2 aromatic heterocycles. The molecule has 0 fully saturated rings. The Balaban J connectivity index is 1.73. The number of thiazole rings is 1. The van der Waals surface area contributed by atoms with E-state index in [4.69, 9.17) is 4.74 Å². The summed E-state index contributed by atoms with van der Waals surface area (Å²) in [6.45, 7) is -0.0631. The highest BCUT2D eigenvalue weighted by Gasteiger charge is 2.16. The second-order valence-corrected chi connectivity index (χ2v) is 7.75. The Hall–Kier alpha value is -3.52. The lowest BCUT2D eigenvalue weighted by molar-refractivity contribution is -0.130. The van der Waals surface area contributed by atoms with E-state index in [-0.39, 0.29) is 18.1 Å². The fraction of sp³-hybridized carbons (Fsp3) is 0.182. The third-order valence-electron chi connectivity index (χ3n) is 4.58. The molecule has 2 aromatic carbocycles. The average molecular weight is 420 g/mol. The molecule has 0 N–H and O–H groups in total. The first-order chi connectivity index (χ1) is 14.5. The van der Waals surface area contributed by atoms with Gasteiger partial charge in [0.2, 0.25) is 4.96 Å². The van der Waals surface area contributed by atoms with E-state index in [9.17, 15) is 9.59 Å². The van der Waals surface area contributed by atoms with Crippen molar-refractivity contribution in [2.45, 2.75) is 6.42 Å². The van der Waals surface area contributed by atoms with Gasteiger partial charge in [-0.05, 0) is 17.7 Å². The maximum Gasteiger partial charge on any atom is 0.296 e. The standard InChI is InChI=1S/C22H20N4O3S/c1-25(2)20(27)13-29-19-11-7-6-10-16(19)18-14-30-22-23-21(28)17(24-26(18)22)12-15-8-4-3-5-9-15/h3-11,14H,12-13H2,1-2H3. The summed E-state index contributed by atoms with van der Waals surface area (Å²) in [6, 6.07) is 17.1. The molecule has 0 unspecified atom stereocenters. The van der Waals surface area contributed by atoms with Gasteiger partial charge in [0.1, 0.15) is 11.4 Å². The number of hydrogen-bond acceptors (Lipinski definition) is 6. The number of carbonyl (C=O) groups excluding carboxylic acids is 1. The van der Waals surface area contributed by atoms with Crippen molar-refractivity contribution in [2.75, 3.05) is 20.7 Å². The van der Waals surface area contributed by atoms with Crippen molar-refractivity contribution in [3.05, 3.63) is 81.6 Å². The van der Waals surface area contributed by atoms with Crippen LogP contribution >= 0.6 is 11.3 Å². The third kappa shape index (κ3) is 4.08. The second kappa shape index (κ2) is 8.46. The van der Waals surface area contributed by atoms with Crippen LogP contribution in [0.15, 0.2) is 64.8 Å². The molecule has 0 bridgehead atoms. The number of likely N-dealkylation sites (N-methyl/N-ethyl adjacent to an activating group) is 1. The van der Waals surface area contributed by atoms with Crippen LogP contribution in [-0.4, -0.2) is 46.1 Å². The van der Waals surface area contributed by atoms with Gasteiger partial charge in [-0.25, -0.2) is 4.52 Å². The van der Waals surface area contributed by atoms with Gasteiger partial charge in [-0.3, -0.25) is 9.59 Å². The lowest BCUT2D eigenvalue weighted by Gasteiger charge is -2.13. The minimum absolute atomic E-state index is 0.0631. The van der Waals surface area contributed by atoms with Gasteiger partial charge in [-0.15, -0.1) is 11.3 Å². The molecule has 4 rings (SSSR count). The molecule has 0 aliphatic rings. The normalized spacial score (nSPS) is 10.9. The Morgan fingerprint density at radius 3 is 2.60 bits per heavy atom. The molecular formula is C22H20N4O3S. The summed E-state index contributed by atoms with van der Waals surface area (Å²) < 4.78 is 7.44. The Morgan fingerprint density at radius 1 is 1.10 bits per heavy atom. The van der Waals surface area contributed by atoms with Gasteiger partial charge >= 0.3 is 0 Å². The zero-order chi connectivity index (χ0) is 21.1. The van der Waals surface area contributed by atoms with E-state index >= 15 is 0 Å². The monoisotopic (exact) mass is 420 g/mol. The van der Waals surface area contributed by atoms with Crippen LogP contribution in [0, 0.1) is 0 Å². The molecule has 0 aliphatic carbocycles. The predicted octanol–water partition coefficient (Wildman–Crippen LogP) is 2.88. The minimum Gasteiger partial charge on any atom is -0.483 e. The summed E-state index contributed by atoms with van der Waals surface area (Å²) in [4.78, 5) is 30.6. The number of para-hydroxylation sites is 1. The van der Waals surface area contributed by atoms with Crippen molar-refractivity contribution >= 4 is 22.2 Å². The Labute approximate surface area is 177 Å². The number of hydrogen-bond donors (Lipinski definition) is 0. The van der Waals surface area contributed by atoms with Crippen molar-refractivity contribution in [1.29, 1.82) is 0 Å². The first-order valence-electron chi connectivity index (χ1n) is 9.36. The molecule has 7 nitrogen and oxygen atoms in total. The second-order valence-electron chi connectivity index (χ2n) is 6.91. The molecule has 0 atom stereocenters. The number of nitrogens with zero attached hydrogens (tertiary/aromatic N) is 4. The Kier molecular flexibility index (Phi) is 5.58. The molecule has 2 heterocycles. The summed E-state index contributed by atoms with van der Waals surface area (Å²) in [6.07, 6.45) is 0.403. The number of amides is 1. The van der Waals surface area contributed by atoms with Gasteiger partial charge in [0.05, 0.1) is 5.69 Å². The summed E-state index contributed by atoms with van der Waals surface area (Å²) in [5.41, 5.74) is 2.57. The molecule has 30 heavy (non-hydrogen) atoms.